The number of rotatable bonds is 10. The van der Waals surface area contributed by atoms with E-state index in [2.05, 4.69) is 30.2 Å². The molecule has 0 saturated carbocycles. The summed E-state index contributed by atoms with van der Waals surface area (Å²) in [6, 6.07) is 3.72. The van der Waals surface area contributed by atoms with Gasteiger partial charge >= 0.3 is 6.09 Å². The van der Waals surface area contributed by atoms with Crippen LogP contribution in [0.2, 0.25) is 0 Å². The molecule has 3 amide bonds. The quantitative estimate of drug-likeness (QED) is 0.344. The van der Waals surface area contributed by atoms with E-state index in [0.717, 1.165) is 29.5 Å². The Balaban J connectivity index is 3.41. The second kappa shape index (κ2) is 12.9. The Hall–Kier alpha value is -2.22. The fourth-order valence-electron chi connectivity index (χ4n) is 3.64. The Kier molecular flexibility index (Phi) is 11.2. The zero-order chi connectivity index (χ0) is 25.3. The fourth-order valence-corrected chi connectivity index (χ4v) is 3.88. The van der Waals surface area contributed by atoms with Crippen LogP contribution in [0.3, 0.4) is 0 Å². The molecule has 0 aliphatic carbocycles. The summed E-state index contributed by atoms with van der Waals surface area (Å²) >= 11 is 4.30. The molecule has 0 bridgehead atoms. The van der Waals surface area contributed by atoms with Crippen LogP contribution in [0.5, 0.6) is 0 Å². The van der Waals surface area contributed by atoms with Gasteiger partial charge in [-0.05, 0) is 71.6 Å². The second-order valence-corrected chi connectivity index (χ2v) is 9.94. The molecule has 0 fully saturated rings. The van der Waals surface area contributed by atoms with E-state index in [1.165, 1.54) is 0 Å². The normalized spacial score (nSPS) is 13.3. The fraction of sp³-hybridized carbons (Fsp3) is 0.640. The van der Waals surface area contributed by atoms with Crippen LogP contribution in [0.15, 0.2) is 18.2 Å². The molecular weight excluding hydrogens is 438 g/mol. The smallest absolute Gasteiger partial charge is 0.408 e. The van der Waals surface area contributed by atoms with E-state index in [0.29, 0.717) is 6.54 Å². The Morgan fingerprint density at radius 1 is 1.12 bits per heavy atom. The maximum absolute atomic E-state index is 13.7. The van der Waals surface area contributed by atoms with Crippen LogP contribution in [0.1, 0.15) is 77.1 Å². The molecule has 1 rings (SSSR count). The van der Waals surface area contributed by atoms with Gasteiger partial charge in [0, 0.05) is 18.3 Å². The molecule has 1 aromatic carbocycles. The summed E-state index contributed by atoms with van der Waals surface area (Å²) in [6.07, 6.45) is 1.10. The third-order valence-electron chi connectivity index (χ3n) is 5.15. The maximum Gasteiger partial charge on any atom is 0.408 e. The standard InChI is InChI=1S/C25H41N3O4S/c1-9-10-14-26-22(29)21(20-17(4)12-11-13-18(20)5)28(16(2)3)23(30)19(15-33)27-24(31)32-25(6,7)8/h11-13,16,19,21,33H,9-10,14-15H2,1-8H3,(H,26,29)(H,27,31). The van der Waals surface area contributed by atoms with Crippen molar-refractivity contribution in [1.82, 2.24) is 15.5 Å². The SMILES string of the molecule is CCCCNC(=O)C(c1c(C)cccc1C)N(C(=O)C(CS)NC(=O)OC(C)(C)C)C(C)C. The molecule has 33 heavy (non-hydrogen) atoms. The molecule has 0 spiro atoms. The molecule has 7 nitrogen and oxygen atoms in total. The number of ether oxygens (including phenoxy) is 1. The number of hydrogen-bond donors (Lipinski definition) is 3. The molecule has 0 aromatic heterocycles. The van der Waals surface area contributed by atoms with E-state index in [1.54, 1.807) is 25.7 Å². The van der Waals surface area contributed by atoms with Gasteiger partial charge < -0.3 is 20.3 Å². The van der Waals surface area contributed by atoms with Gasteiger partial charge in [0.05, 0.1) is 0 Å². The van der Waals surface area contributed by atoms with Crippen molar-refractivity contribution in [3.8, 4) is 0 Å². The monoisotopic (exact) mass is 479 g/mol. The van der Waals surface area contributed by atoms with Crippen molar-refractivity contribution in [1.29, 1.82) is 0 Å². The summed E-state index contributed by atoms with van der Waals surface area (Å²) in [5.74, 6) is -0.555. The van der Waals surface area contributed by atoms with Crippen molar-refractivity contribution < 1.29 is 19.1 Å². The predicted molar refractivity (Wildman–Crippen MR) is 136 cm³/mol. The van der Waals surface area contributed by atoms with Crippen molar-refractivity contribution in [2.75, 3.05) is 12.3 Å². The van der Waals surface area contributed by atoms with Gasteiger partial charge in [-0.25, -0.2) is 4.79 Å². The van der Waals surface area contributed by atoms with Gasteiger partial charge in [-0.1, -0.05) is 31.5 Å². The van der Waals surface area contributed by atoms with E-state index in [9.17, 15) is 14.4 Å². The van der Waals surface area contributed by atoms with Gasteiger partial charge in [0.15, 0.2) is 0 Å². The highest BCUT2D eigenvalue weighted by molar-refractivity contribution is 7.80. The topological polar surface area (TPSA) is 87.7 Å². The minimum Gasteiger partial charge on any atom is -0.444 e. The molecule has 0 aliphatic rings. The van der Waals surface area contributed by atoms with Gasteiger partial charge in [-0.3, -0.25) is 9.59 Å². The zero-order valence-corrected chi connectivity index (χ0v) is 22.2. The molecule has 2 N–H and O–H groups in total. The number of unbranched alkanes of at least 4 members (excludes halogenated alkanes) is 1. The summed E-state index contributed by atoms with van der Waals surface area (Å²) in [5, 5.41) is 5.62. The van der Waals surface area contributed by atoms with Crippen LogP contribution in [-0.4, -0.2) is 52.8 Å². The molecule has 0 heterocycles. The van der Waals surface area contributed by atoms with Crippen molar-refractivity contribution in [2.24, 2.45) is 0 Å². The molecular formula is C25H41N3O4S. The molecule has 186 valence electrons. The Bertz CT molecular complexity index is 800. The highest BCUT2D eigenvalue weighted by Crippen LogP contribution is 2.30. The minimum absolute atomic E-state index is 0.0677. The number of thiol groups is 1. The van der Waals surface area contributed by atoms with Crippen LogP contribution >= 0.6 is 12.6 Å². The molecule has 1 aromatic rings. The predicted octanol–water partition coefficient (Wildman–Crippen LogP) is 4.32. The van der Waals surface area contributed by atoms with Crippen LogP contribution in [0, 0.1) is 13.8 Å². The maximum atomic E-state index is 13.7. The Morgan fingerprint density at radius 2 is 1.70 bits per heavy atom. The number of aryl methyl sites for hydroxylation is 2. The molecule has 0 radical (unpaired) electrons. The minimum atomic E-state index is -0.944. The molecule has 2 unspecified atom stereocenters. The Morgan fingerprint density at radius 3 is 2.15 bits per heavy atom. The lowest BCUT2D eigenvalue weighted by Gasteiger charge is -2.38. The van der Waals surface area contributed by atoms with E-state index in [1.807, 2.05) is 45.9 Å². The number of nitrogens with one attached hydrogen (secondary N) is 2. The average molecular weight is 480 g/mol. The lowest BCUT2D eigenvalue weighted by atomic mass is 9.93. The summed E-state index contributed by atoms with van der Waals surface area (Å²) in [5.41, 5.74) is 1.94. The average Bonchev–Trinajstić information content (AvgIpc) is 2.69. The lowest BCUT2D eigenvalue weighted by molar-refractivity contribution is -0.144. The van der Waals surface area contributed by atoms with Crippen molar-refractivity contribution in [3.63, 3.8) is 0 Å². The molecule has 0 aliphatic heterocycles. The number of amides is 3. The van der Waals surface area contributed by atoms with Crippen LogP contribution in [-0.2, 0) is 14.3 Å². The first-order valence-corrected chi connectivity index (χ1v) is 12.2. The van der Waals surface area contributed by atoms with Crippen LogP contribution in [0.4, 0.5) is 4.79 Å². The van der Waals surface area contributed by atoms with Gasteiger partial charge in [0.25, 0.3) is 0 Å². The number of carbonyl (C=O) groups excluding carboxylic acids is 3. The third kappa shape index (κ3) is 8.57. The highest BCUT2D eigenvalue weighted by atomic mass is 32.1. The Labute approximate surface area is 204 Å². The number of alkyl carbamates (subject to hydrolysis) is 1. The van der Waals surface area contributed by atoms with Crippen LogP contribution < -0.4 is 10.6 Å². The van der Waals surface area contributed by atoms with Gasteiger partial charge in [-0.2, -0.15) is 12.6 Å². The first-order chi connectivity index (χ1) is 15.3. The highest BCUT2D eigenvalue weighted by Gasteiger charge is 2.38. The van der Waals surface area contributed by atoms with E-state index >= 15 is 0 Å². The summed E-state index contributed by atoms with van der Waals surface area (Å²) in [7, 11) is 0. The lowest BCUT2D eigenvalue weighted by Crippen LogP contribution is -2.56. The van der Waals surface area contributed by atoms with E-state index in [4.69, 9.17) is 4.74 Å². The van der Waals surface area contributed by atoms with Gasteiger partial charge in [0.1, 0.15) is 17.7 Å². The number of hydrogen-bond acceptors (Lipinski definition) is 5. The summed E-state index contributed by atoms with van der Waals surface area (Å²) in [6.45, 7) is 15.4. The van der Waals surface area contributed by atoms with E-state index < -0.39 is 23.8 Å². The molecule has 0 saturated heterocycles. The van der Waals surface area contributed by atoms with E-state index in [-0.39, 0.29) is 23.6 Å². The van der Waals surface area contributed by atoms with Gasteiger partial charge in [0.2, 0.25) is 11.8 Å². The molecule has 8 heteroatoms. The first kappa shape index (κ1) is 28.8. The molecule has 2 atom stereocenters. The van der Waals surface area contributed by atoms with Crippen LogP contribution in [0.25, 0.3) is 0 Å². The number of benzene rings is 1. The van der Waals surface area contributed by atoms with Gasteiger partial charge in [-0.15, -0.1) is 0 Å². The number of carbonyl (C=O) groups is 3. The van der Waals surface area contributed by atoms with Crippen molar-refractivity contribution in [3.05, 3.63) is 34.9 Å². The van der Waals surface area contributed by atoms with Crippen molar-refractivity contribution >= 4 is 30.5 Å². The third-order valence-corrected chi connectivity index (χ3v) is 5.52. The summed E-state index contributed by atoms with van der Waals surface area (Å²) < 4.78 is 5.32. The summed E-state index contributed by atoms with van der Waals surface area (Å²) in [4.78, 5) is 41.1. The second-order valence-electron chi connectivity index (χ2n) is 9.57. The zero-order valence-electron chi connectivity index (χ0n) is 21.3. The first-order valence-electron chi connectivity index (χ1n) is 11.6. The number of nitrogens with zero attached hydrogens (tertiary/aromatic N) is 1. The largest absolute Gasteiger partial charge is 0.444 e. The van der Waals surface area contributed by atoms with Crippen molar-refractivity contribution in [2.45, 2.75) is 92.0 Å².